The number of rotatable bonds is 6. The molecule has 1 aromatic carbocycles. The molecule has 134 valence electrons. The molecule has 2 rings (SSSR count). The van der Waals surface area contributed by atoms with Gasteiger partial charge in [-0.3, -0.25) is 9.00 Å². The van der Waals surface area contributed by atoms with E-state index in [1.807, 2.05) is 4.90 Å². The van der Waals surface area contributed by atoms with Gasteiger partial charge in [0.25, 0.3) is 5.91 Å². The molecule has 0 spiro atoms. The third-order valence-corrected chi connectivity index (χ3v) is 5.83. The minimum atomic E-state index is -3.21. The number of amides is 1. The molecule has 1 aliphatic heterocycles. The first-order chi connectivity index (χ1) is 11.3. The Kier molecular flexibility index (Phi) is 6.54. The van der Waals surface area contributed by atoms with Crippen LogP contribution in [0.15, 0.2) is 29.2 Å². The van der Waals surface area contributed by atoms with E-state index in [9.17, 15) is 17.4 Å². The van der Waals surface area contributed by atoms with Crippen LogP contribution in [-0.2, 0) is 20.8 Å². The monoisotopic (exact) mass is 372 g/mol. The van der Waals surface area contributed by atoms with Gasteiger partial charge in [0.15, 0.2) is 0 Å². The first-order valence-corrected chi connectivity index (χ1v) is 11.4. The number of sulfonamides is 1. The molecule has 24 heavy (non-hydrogen) atoms. The summed E-state index contributed by atoms with van der Waals surface area (Å²) in [6, 6.07) is 6.89. The molecule has 1 amide bonds. The van der Waals surface area contributed by atoms with Crippen molar-refractivity contribution in [3.63, 3.8) is 0 Å². The lowest BCUT2D eigenvalue weighted by atomic mass is 9.98. The van der Waals surface area contributed by atoms with E-state index in [4.69, 9.17) is 0 Å². The van der Waals surface area contributed by atoms with Crippen molar-refractivity contribution in [3.05, 3.63) is 29.8 Å². The van der Waals surface area contributed by atoms with Crippen LogP contribution >= 0.6 is 0 Å². The number of hydrogen-bond donors (Lipinski definition) is 1. The summed E-state index contributed by atoms with van der Waals surface area (Å²) < 4.78 is 36.3. The van der Waals surface area contributed by atoms with Crippen molar-refractivity contribution in [2.75, 3.05) is 25.6 Å². The Bertz CT molecular complexity index is 701. The summed E-state index contributed by atoms with van der Waals surface area (Å²) in [5, 5.41) is 0. The molecule has 1 saturated heterocycles. The zero-order chi connectivity index (χ0) is 17.7. The molecule has 6 nitrogen and oxygen atoms in total. The maximum atomic E-state index is 12.8. The predicted molar refractivity (Wildman–Crippen MR) is 94.9 cm³/mol. The molecular formula is C16H24N2O4S2. The second kappa shape index (κ2) is 8.22. The maximum Gasteiger partial charge on any atom is 0.254 e. The fourth-order valence-electron chi connectivity index (χ4n) is 2.93. The quantitative estimate of drug-likeness (QED) is 0.817. The molecule has 2 atom stereocenters. The third kappa shape index (κ3) is 5.39. The van der Waals surface area contributed by atoms with Gasteiger partial charge in [-0.2, -0.15) is 0 Å². The van der Waals surface area contributed by atoms with Crippen LogP contribution in [-0.4, -0.2) is 55.1 Å². The molecule has 0 aromatic heterocycles. The highest BCUT2D eigenvalue weighted by molar-refractivity contribution is 7.88. The number of likely N-dealkylation sites (tertiary alicyclic amines) is 1. The van der Waals surface area contributed by atoms with E-state index in [0.29, 0.717) is 30.0 Å². The number of nitrogens with zero attached hydrogens (tertiary/aromatic N) is 1. The predicted octanol–water partition coefficient (Wildman–Crippen LogP) is 1.36. The minimum absolute atomic E-state index is 0.0421. The van der Waals surface area contributed by atoms with E-state index in [2.05, 4.69) is 4.72 Å². The molecule has 0 saturated carbocycles. The third-order valence-electron chi connectivity index (χ3n) is 4.16. The molecule has 1 heterocycles. The van der Waals surface area contributed by atoms with Crippen molar-refractivity contribution in [3.8, 4) is 0 Å². The number of nitrogens with one attached hydrogen (secondary N) is 1. The Morgan fingerprint density at radius 2 is 1.96 bits per heavy atom. The SMILES string of the molecule is CS(=O)c1ccc(C(=O)N2CCCCC2CCNS(C)(=O)=O)cc1. The van der Waals surface area contributed by atoms with Gasteiger partial charge in [-0.25, -0.2) is 13.1 Å². The van der Waals surface area contributed by atoms with Crippen LogP contribution in [0.4, 0.5) is 0 Å². The molecule has 8 heteroatoms. The van der Waals surface area contributed by atoms with Crippen molar-refractivity contribution in [1.29, 1.82) is 0 Å². The summed E-state index contributed by atoms with van der Waals surface area (Å²) in [7, 11) is -4.28. The van der Waals surface area contributed by atoms with Crippen LogP contribution < -0.4 is 4.72 Å². The summed E-state index contributed by atoms with van der Waals surface area (Å²) in [5.74, 6) is -0.0486. The Balaban J connectivity index is 2.05. The number of hydrogen-bond acceptors (Lipinski definition) is 4. The highest BCUT2D eigenvalue weighted by Crippen LogP contribution is 2.22. The Morgan fingerprint density at radius 3 is 2.54 bits per heavy atom. The molecule has 0 bridgehead atoms. The summed E-state index contributed by atoms with van der Waals surface area (Å²) in [6.07, 6.45) is 6.23. The highest BCUT2D eigenvalue weighted by atomic mass is 32.2. The number of carbonyl (C=O) groups excluding carboxylic acids is 1. The van der Waals surface area contributed by atoms with Crippen LogP contribution in [0.25, 0.3) is 0 Å². The number of carbonyl (C=O) groups is 1. The Hall–Kier alpha value is -1.25. The maximum absolute atomic E-state index is 12.8. The van der Waals surface area contributed by atoms with Gasteiger partial charge in [0.05, 0.1) is 6.26 Å². The zero-order valence-corrected chi connectivity index (χ0v) is 15.7. The largest absolute Gasteiger partial charge is 0.336 e. The fourth-order valence-corrected chi connectivity index (χ4v) is 3.94. The number of benzene rings is 1. The van der Waals surface area contributed by atoms with Gasteiger partial charge in [0, 0.05) is 46.6 Å². The van der Waals surface area contributed by atoms with Crippen molar-refractivity contribution in [1.82, 2.24) is 9.62 Å². The first-order valence-electron chi connectivity index (χ1n) is 7.97. The molecule has 2 unspecified atom stereocenters. The van der Waals surface area contributed by atoms with Crippen LogP contribution in [0.5, 0.6) is 0 Å². The normalized spacial score (nSPS) is 19.9. The fraction of sp³-hybridized carbons (Fsp3) is 0.562. The van der Waals surface area contributed by atoms with Crippen molar-refractivity contribution < 1.29 is 17.4 Å². The van der Waals surface area contributed by atoms with Gasteiger partial charge in [-0.05, 0) is 49.9 Å². The summed E-state index contributed by atoms with van der Waals surface area (Å²) in [6.45, 7) is 1.02. The van der Waals surface area contributed by atoms with Gasteiger partial charge < -0.3 is 4.90 Å². The van der Waals surface area contributed by atoms with Crippen molar-refractivity contribution in [2.45, 2.75) is 36.6 Å². The van der Waals surface area contributed by atoms with Gasteiger partial charge >= 0.3 is 0 Å². The van der Waals surface area contributed by atoms with Gasteiger partial charge in [-0.15, -0.1) is 0 Å². The average molecular weight is 373 g/mol. The molecular weight excluding hydrogens is 348 g/mol. The van der Waals surface area contributed by atoms with E-state index in [1.54, 1.807) is 30.5 Å². The van der Waals surface area contributed by atoms with E-state index < -0.39 is 20.8 Å². The smallest absolute Gasteiger partial charge is 0.254 e. The van der Waals surface area contributed by atoms with Crippen molar-refractivity contribution >= 4 is 26.7 Å². The molecule has 1 fully saturated rings. The van der Waals surface area contributed by atoms with Crippen LogP contribution in [0.2, 0.25) is 0 Å². The molecule has 0 aliphatic carbocycles. The van der Waals surface area contributed by atoms with E-state index >= 15 is 0 Å². The van der Waals surface area contributed by atoms with Crippen molar-refractivity contribution in [2.24, 2.45) is 0 Å². The second-order valence-corrected chi connectivity index (χ2v) is 9.29. The lowest BCUT2D eigenvalue weighted by molar-refractivity contribution is 0.0604. The molecule has 0 radical (unpaired) electrons. The van der Waals surface area contributed by atoms with Gasteiger partial charge in [-0.1, -0.05) is 0 Å². The first kappa shape index (κ1) is 19.1. The topological polar surface area (TPSA) is 83.6 Å². The molecule has 1 aliphatic rings. The van der Waals surface area contributed by atoms with E-state index in [0.717, 1.165) is 25.5 Å². The van der Waals surface area contributed by atoms with E-state index in [-0.39, 0.29) is 11.9 Å². The van der Waals surface area contributed by atoms with E-state index in [1.165, 1.54) is 0 Å². The molecule has 1 N–H and O–H groups in total. The summed E-state index contributed by atoms with van der Waals surface area (Å²) in [4.78, 5) is 15.3. The average Bonchev–Trinajstić information content (AvgIpc) is 2.53. The lowest BCUT2D eigenvalue weighted by Crippen LogP contribution is -2.45. The highest BCUT2D eigenvalue weighted by Gasteiger charge is 2.27. The Labute approximate surface area is 146 Å². The number of piperidine rings is 1. The summed E-state index contributed by atoms with van der Waals surface area (Å²) >= 11 is 0. The molecule has 1 aromatic rings. The summed E-state index contributed by atoms with van der Waals surface area (Å²) in [5.41, 5.74) is 0.576. The van der Waals surface area contributed by atoms with Crippen LogP contribution in [0, 0.1) is 0 Å². The van der Waals surface area contributed by atoms with Crippen LogP contribution in [0.1, 0.15) is 36.0 Å². The second-order valence-electron chi connectivity index (χ2n) is 6.08. The standard InChI is InChI=1S/C16H24N2O4S2/c1-23(20)15-8-6-13(7-9-15)16(19)18-12-4-3-5-14(18)10-11-17-24(2,21)22/h6-9,14,17H,3-5,10-12H2,1-2H3. The van der Waals surface area contributed by atoms with Gasteiger partial charge in [0.2, 0.25) is 10.0 Å². The lowest BCUT2D eigenvalue weighted by Gasteiger charge is -2.36. The zero-order valence-electron chi connectivity index (χ0n) is 14.0. The van der Waals surface area contributed by atoms with Gasteiger partial charge in [0.1, 0.15) is 0 Å². The minimum Gasteiger partial charge on any atom is -0.336 e. The van der Waals surface area contributed by atoms with Crippen LogP contribution in [0.3, 0.4) is 0 Å². The Morgan fingerprint density at radius 1 is 1.29 bits per heavy atom.